The molecule has 0 bridgehead atoms. The third kappa shape index (κ3) is 1.17. The Morgan fingerprint density at radius 1 is 1.18 bits per heavy atom. The molecule has 1 aromatic rings. The first kappa shape index (κ1) is 12.6. The van der Waals surface area contributed by atoms with Crippen LogP contribution < -0.4 is 4.90 Å². The lowest BCUT2D eigenvalue weighted by Gasteiger charge is -2.44. The van der Waals surface area contributed by atoms with Crippen LogP contribution in [0.3, 0.4) is 0 Å². The van der Waals surface area contributed by atoms with Gasteiger partial charge in [-0.15, -0.1) is 0 Å². The van der Waals surface area contributed by atoms with Gasteiger partial charge in [0, 0.05) is 35.7 Å². The zero-order chi connectivity index (χ0) is 15.2. The highest BCUT2D eigenvalue weighted by Crippen LogP contribution is 2.67. The first-order chi connectivity index (χ1) is 10.6. The predicted octanol–water partition coefficient (Wildman–Crippen LogP) is 4.26. The van der Waals surface area contributed by atoms with Crippen molar-refractivity contribution in [2.75, 3.05) is 11.9 Å². The van der Waals surface area contributed by atoms with Crippen molar-refractivity contribution in [1.29, 1.82) is 0 Å². The van der Waals surface area contributed by atoms with E-state index in [-0.39, 0.29) is 0 Å². The highest BCUT2D eigenvalue weighted by molar-refractivity contribution is 5.98. The van der Waals surface area contributed by atoms with Crippen LogP contribution in [0, 0.1) is 5.92 Å². The van der Waals surface area contributed by atoms with Crippen LogP contribution in [0.25, 0.3) is 5.57 Å². The highest BCUT2D eigenvalue weighted by Gasteiger charge is 2.64. The lowest BCUT2D eigenvalue weighted by Crippen LogP contribution is -2.47. The smallest absolute Gasteiger partial charge is 0.109 e. The summed E-state index contributed by atoms with van der Waals surface area (Å²) in [6.07, 6.45) is 8.72. The van der Waals surface area contributed by atoms with Crippen LogP contribution in [0.1, 0.15) is 38.3 Å². The standard InChI is InChI=1S/C20H22N2/c1-5-12-13(6-2)17-11-21(4)19-16-10-20(16,3)15-9-7-8-14(12)18(15)22(17)19/h5-9,11,16,19H,10H2,1-4H3/b12-5+,13-6+. The van der Waals surface area contributed by atoms with Crippen LogP contribution in [-0.2, 0) is 5.41 Å². The maximum Gasteiger partial charge on any atom is 0.109 e. The van der Waals surface area contributed by atoms with Crippen LogP contribution in [0.5, 0.6) is 0 Å². The minimum Gasteiger partial charge on any atom is -0.358 e. The molecule has 4 aliphatic rings. The highest BCUT2D eigenvalue weighted by atomic mass is 15.4. The van der Waals surface area contributed by atoms with Crippen molar-refractivity contribution in [1.82, 2.24) is 4.90 Å². The fourth-order valence-corrected chi connectivity index (χ4v) is 5.09. The summed E-state index contributed by atoms with van der Waals surface area (Å²) in [4.78, 5) is 5.06. The van der Waals surface area contributed by atoms with Crippen molar-refractivity contribution < 1.29 is 0 Å². The Balaban J connectivity index is 1.90. The molecular formula is C20H22N2. The lowest BCUT2D eigenvalue weighted by atomic mass is 9.80. The van der Waals surface area contributed by atoms with E-state index in [1.165, 1.54) is 34.5 Å². The second kappa shape index (κ2) is 3.68. The maximum absolute atomic E-state index is 2.62. The fraction of sp³-hybridized carbons (Fsp3) is 0.400. The van der Waals surface area contributed by atoms with Gasteiger partial charge in [0.2, 0.25) is 0 Å². The molecule has 0 radical (unpaired) electrons. The average Bonchev–Trinajstić information content (AvgIpc) is 3.10. The number of hydrogen-bond acceptors (Lipinski definition) is 2. The molecule has 1 aliphatic carbocycles. The minimum atomic E-state index is 0.371. The molecule has 3 unspecified atom stereocenters. The van der Waals surface area contributed by atoms with E-state index in [9.17, 15) is 0 Å². The minimum absolute atomic E-state index is 0.371. The van der Waals surface area contributed by atoms with Crippen molar-refractivity contribution in [3.8, 4) is 0 Å². The Kier molecular flexibility index (Phi) is 2.10. The maximum atomic E-state index is 2.62. The molecule has 112 valence electrons. The summed E-state index contributed by atoms with van der Waals surface area (Å²) in [5.41, 5.74) is 8.97. The van der Waals surface area contributed by atoms with Gasteiger partial charge in [0.05, 0.1) is 11.4 Å². The molecule has 0 amide bonds. The lowest BCUT2D eigenvalue weighted by molar-refractivity contribution is 0.298. The first-order valence-electron chi connectivity index (χ1n) is 8.32. The van der Waals surface area contributed by atoms with E-state index in [1.807, 2.05) is 0 Å². The fourth-order valence-electron chi connectivity index (χ4n) is 5.09. The van der Waals surface area contributed by atoms with E-state index in [0.29, 0.717) is 11.6 Å². The normalized spacial score (nSPS) is 37.4. The number of fused-ring (bicyclic) bond motifs is 3. The van der Waals surface area contributed by atoms with Gasteiger partial charge in [-0.1, -0.05) is 37.3 Å². The number of para-hydroxylation sites is 1. The second-order valence-corrected chi connectivity index (χ2v) is 7.30. The Labute approximate surface area is 132 Å². The predicted molar refractivity (Wildman–Crippen MR) is 91.4 cm³/mol. The number of anilines is 1. The zero-order valence-electron chi connectivity index (χ0n) is 13.7. The van der Waals surface area contributed by atoms with E-state index in [2.05, 4.69) is 74.2 Å². The Morgan fingerprint density at radius 3 is 2.68 bits per heavy atom. The molecule has 2 heteroatoms. The van der Waals surface area contributed by atoms with Gasteiger partial charge < -0.3 is 9.80 Å². The molecule has 22 heavy (non-hydrogen) atoms. The summed E-state index contributed by atoms with van der Waals surface area (Å²) in [5.74, 6) is 0.749. The van der Waals surface area contributed by atoms with Gasteiger partial charge >= 0.3 is 0 Å². The number of hydrogen-bond donors (Lipinski definition) is 0. The molecule has 0 aromatic heterocycles. The van der Waals surface area contributed by atoms with Gasteiger partial charge in [-0.05, 0) is 31.4 Å². The molecule has 3 atom stereocenters. The van der Waals surface area contributed by atoms with Crippen LogP contribution in [0.4, 0.5) is 5.69 Å². The van der Waals surface area contributed by atoms with Crippen molar-refractivity contribution in [2.24, 2.45) is 5.92 Å². The summed E-state index contributed by atoms with van der Waals surface area (Å²) in [6.45, 7) is 6.78. The molecule has 2 nitrogen and oxygen atoms in total. The number of benzene rings is 1. The molecule has 1 fully saturated rings. The monoisotopic (exact) mass is 290 g/mol. The van der Waals surface area contributed by atoms with Gasteiger partial charge in [-0.2, -0.15) is 0 Å². The van der Waals surface area contributed by atoms with E-state index < -0.39 is 0 Å². The van der Waals surface area contributed by atoms with Gasteiger partial charge in [-0.3, -0.25) is 0 Å². The molecule has 0 N–H and O–H groups in total. The van der Waals surface area contributed by atoms with Crippen molar-refractivity contribution in [3.05, 3.63) is 58.9 Å². The molecule has 3 aliphatic heterocycles. The van der Waals surface area contributed by atoms with Crippen LogP contribution in [0.2, 0.25) is 0 Å². The topological polar surface area (TPSA) is 6.48 Å². The Morgan fingerprint density at radius 2 is 1.95 bits per heavy atom. The van der Waals surface area contributed by atoms with Crippen molar-refractivity contribution in [3.63, 3.8) is 0 Å². The number of nitrogens with zero attached hydrogens (tertiary/aromatic N) is 2. The average molecular weight is 290 g/mol. The van der Waals surface area contributed by atoms with Crippen molar-refractivity contribution in [2.45, 2.75) is 38.8 Å². The SMILES string of the molecule is C/C=C1/C2=CN(C)C3C4CC4(C)c4cccc(c4N23)/C1=C/C. The van der Waals surface area contributed by atoms with Gasteiger partial charge in [0.15, 0.2) is 0 Å². The summed E-state index contributed by atoms with van der Waals surface area (Å²) < 4.78 is 0. The zero-order valence-corrected chi connectivity index (χ0v) is 13.7. The number of allylic oxidation sites excluding steroid dienone is 3. The van der Waals surface area contributed by atoms with Gasteiger partial charge in [0.1, 0.15) is 6.17 Å². The summed E-state index contributed by atoms with van der Waals surface area (Å²) in [5, 5.41) is 0. The molecule has 5 rings (SSSR count). The third-order valence-corrected chi connectivity index (χ3v) is 6.26. The van der Waals surface area contributed by atoms with Crippen LogP contribution >= 0.6 is 0 Å². The van der Waals surface area contributed by atoms with Crippen LogP contribution in [-0.4, -0.2) is 18.1 Å². The molecular weight excluding hydrogens is 268 g/mol. The Bertz CT molecular complexity index is 798. The summed E-state index contributed by atoms with van der Waals surface area (Å²) in [7, 11) is 2.24. The number of rotatable bonds is 0. The van der Waals surface area contributed by atoms with Gasteiger partial charge in [0.25, 0.3) is 0 Å². The van der Waals surface area contributed by atoms with Crippen molar-refractivity contribution >= 4 is 11.3 Å². The van der Waals surface area contributed by atoms with E-state index >= 15 is 0 Å². The van der Waals surface area contributed by atoms with E-state index in [0.717, 1.165) is 5.92 Å². The van der Waals surface area contributed by atoms with E-state index in [4.69, 9.17) is 0 Å². The second-order valence-electron chi connectivity index (χ2n) is 7.30. The first-order valence-corrected chi connectivity index (χ1v) is 8.32. The third-order valence-electron chi connectivity index (χ3n) is 6.26. The molecule has 1 saturated carbocycles. The molecule has 0 saturated heterocycles. The van der Waals surface area contributed by atoms with Crippen LogP contribution in [0.15, 0.2) is 47.8 Å². The Hall–Kier alpha value is -1.96. The van der Waals surface area contributed by atoms with Gasteiger partial charge in [-0.25, -0.2) is 0 Å². The summed E-state index contributed by atoms with van der Waals surface area (Å²) >= 11 is 0. The summed E-state index contributed by atoms with van der Waals surface area (Å²) in [6, 6.07) is 6.91. The largest absolute Gasteiger partial charge is 0.358 e. The molecule has 3 heterocycles. The molecule has 1 aromatic carbocycles. The quantitative estimate of drug-likeness (QED) is 0.704. The molecule has 0 spiro atoms. The van der Waals surface area contributed by atoms with E-state index in [1.54, 1.807) is 5.56 Å².